The van der Waals surface area contributed by atoms with Crippen LogP contribution in [0.5, 0.6) is 0 Å². The van der Waals surface area contributed by atoms with Crippen molar-refractivity contribution in [2.24, 2.45) is 0 Å². The maximum atomic E-state index is 11.1. The van der Waals surface area contributed by atoms with Crippen molar-refractivity contribution in [3.8, 4) is 6.07 Å². The molecule has 0 amide bonds. The summed E-state index contributed by atoms with van der Waals surface area (Å²) in [5.74, 6) is -1.20. The van der Waals surface area contributed by atoms with Gasteiger partial charge in [-0.1, -0.05) is 0 Å². The molecule has 0 atom stereocenters. The van der Waals surface area contributed by atoms with E-state index < -0.39 is 10.9 Å². The van der Waals surface area contributed by atoms with E-state index in [1.807, 2.05) is 19.9 Å². The number of rotatable bonds is 6. The summed E-state index contributed by atoms with van der Waals surface area (Å²) in [6.07, 6.45) is 1.27. The molecule has 1 aromatic rings. The highest BCUT2D eigenvalue weighted by Crippen LogP contribution is 2.28. The number of carboxylic acids is 1. The van der Waals surface area contributed by atoms with Crippen molar-refractivity contribution in [3.05, 3.63) is 27.9 Å². The third-order valence-corrected chi connectivity index (χ3v) is 2.65. The van der Waals surface area contributed by atoms with E-state index >= 15 is 0 Å². The molecular formula is C12H14N4O4. The summed E-state index contributed by atoms with van der Waals surface area (Å²) < 4.78 is 0. The zero-order valence-corrected chi connectivity index (χ0v) is 11.1. The van der Waals surface area contributed by atoms with Crippen molar-refractivity contribution in [3.63, 3.8) is 0 Å². The third-order valence-electron chi connectivity index (χ3n) is 2.65. The SMILES string of the molecule is CC(C)N(CCC#N)c1ncc(C(=O)O)cc1[N+](=O)[O-]. The van der Waals surface area contributed by atoms with E-state index in [9.17, 15) is 14.9 Å². The van der Waals surface area contributed by atoms with Crippen LogP contribution in [0.2, 0.25) is 0 Å². The molecule has 1 aromatic heterocycles. The average molecular weight is 278 g/mol. The van der Waals surface area contributed by atoms with Gasteiger partial charge in [0.15, 0.2) is 0 Å². The van der Waals surface area contributed by atoms with E-state index in [0.29, 0.717) is 0 Å². The van der Waals surface area contributed by atoms with Gasteiger partial charge in [0.2, 0.25) is 5.82 Å². The highest BCUT2D eigenvalue weighted by atomic mass is 16.6. The molecule has 0 unspecified atom stereocenters. The number of aromatic nitrogens is 1. The number of nitro groups is 1. The number of carboxylic acid groups (broad SMARTS) is 1. The summed E-state index contributed by atoms with van der Waals surface area (Å²) in [7, 11) is 0. The molecule has 0 aliphatic carbocycles. The Morgan fingerprint density at radius 3 is 2.75 bits per heavy atom. The first-order chi connectivity index (χ1) is 9.38. The Kier molecular flexibility index (Phi) is 4.97. The standard InChI is InChI=1S/C12H14N4O4/c1-8(2)15(5-3-4-13)11-10(16(19)20)6-9(7-14-11)12(17)18/h6-8H,3,5H2,1-2H3,(H,17,18). The summed E-state index contributed by atoms with van der Waals surface area (Å²) in [6, 6.07) is 2.84. The Labute approximate surface area is 115 Å². The molecule has 0 saturated carbocycles. The summed E-state index contributed by atoms with van der Waals surface area (Å²) in [5, 5.41) is 28.6. The molecular weight excluding hydrogens is 264 g/mol. The first-order valence-corrected chi connectivity index (χ1v) is 5.89. The summed E-state index contributed by atoms with van der Waals surface area (Å²) >= 11 is 0. The highest BCUT2D eigenvalue weighted by molar-refractivity contribution is 5.88. The molecule has 0 aromatic carbocycles. The van der Waals surface area contributed by atoms with Gasteiger partial charge < -0.3 is 10.0 Å². The monoisotopic (exact) mass is 278 g/mol. The minimum absolute atomic E-state index is 0.0743. The van der Waals surface area contributed by atoms with Crippen molar-refractivity contribution < 1.29 is 14.8 Å². The predicted molar refractivity (Wildman–Crippen MR) is 70.6 cm³/mol. The van der Waals surface area contributed by atoms with Gasteiger partial charge in [-0.25, -0.2) is 9.78 Å². The number of carbonyl (C=O) groups is 1. The fraction of sp³-hybridized carbons (Fsp3) is 0.417. The number of pyridine rings is 1. The van der Waals surface area contributed by atoms with Crippen LogP contribution in [0, 0.1) is 21.4 Å². The van der Waals surface area contributed by atoms with Crippen LogP contribution in [-0.4, -0.2) is 33.6 Å². The van der Waals surface area contributed by atoms with E-state index in [1.54, 1.807) is 4.90 Å². The fourth-order valence-corrected chi connectivity index (χ4v) is 1.70. The largest absolute Gasteiger partial charge is 0.478 e. The van der Waals surface area contributed by atoms with Crippen molar-refractivity contribution in [1.82, 2.24) is 4.98 Å². The van der Waals surface area contributed by atoms with Gasteiger partial charge in [-0.15, -0.1) is 0 Å². The Balaban J connectivity index is 3.30. The van der Waals surface area contributed by atoms with Crippen LogP contribution in [-0.2, 0) is 0 Å². The van der Waals surface area contributed by atoms with E-state index in [1.165, 1.54) is 0 Å². The lowest BCUT2D eigenvalue weighted by molar-refractivity contribution is -0.384. The maximum absolute atomic E-state index is 11.1. The van der Waals surface area contributed by atoms with E-state index in [4.69, 9.17) is 10.4 Å². The van der Waals surface area contributed by atoms with Gasteiger partial charge >= 0.3 is 11.7 Å². The third kappa shape index (κ3) is 3.41. The van der Waals surface area contributed by atoms with Gasteiger partial charge in [-0.2, -0.15) is 5.26 Å². The lowest BCUT2D eigenvalue weighted by Crippen LogP contribution is -2.33. The summed E-state index contributed by atoms with van der Waals surface area (Å²) in [6.45, 7) is 3.91. The smallest absolute Gasteiger partial charge is 0.337 e. The van der Waals surface area contributed by atoms with Crippen LogP contribution in [0.3, 0.4) is 0 Å². The summed E-state index contributed by atoms with van der Waals surface area (Å²) in [4.78, 5) is 26.7. The maximum Gasteiger partial charge on any atom is 0.337 e. The lowest BCUT2D eigenvalue weighted by Gasteiger charge is -2.26. The minimum atomic E-state index is -1.28. The van der Waals surface area contributed by atoms with Crippen LogP contribution >= 0.6 is 0 Å². The molecule has 8 heteroatoms. The van der Waals surface area contributed by atoms with Gasteiger partial charge in [-0.3, -0.25) is 10.1 Å². The zero-order chi connectivity index (χ0) is 15.3. The first kappa shape index (κ1) is 15.4. The van der Waals surface area contributed by atoms with Crippen LogP contribution < -0.4 is 4.90 Å². The lowest BCUT2D eigenvalue weighted by atomic mass is 10.2. The molecule has 1 N–H and O–H groups in total. The molecule has 0 radical (unpaired) electrons. The molecule has 0 spiro atoms. The molecule has 20 heavy (non-hydrogen) atoms. The fourth-order valence-electron chi connectivity index (χ4n) is 1.70. The summed E-state index contributed by atoms with van der Waals surface area (Å²) in [5.41, 5.74) is -0.624. The molecule has 1 rings (SSSR count). The number of nitrogens with zero attached hydrogens (tertiary/aromatic N) is 4. The van der Waals surface area contributed by atoms with Gasteiger partial charge in [0, 0.05) is 24.8 Å². The van der Waals surface area contributed by atoms with Crippen molar-refractivity contribution in [2.45, 2.75) is 26.3 Å². The molecule has 106 valence electrons. The number of hydrogen-bond donors (Lipinski definition) is 1. The number of nitriles is 1. The van der Waals surface area contributed by atoms with Gasteiger partial charge in [0.25, 0.3) is 0 Å². The van der Waals surface area contributed by atoms with Gasteiger partial charge in [0.1, 0.15) is 0 Å². The Bertz CT molecular complexity index is 565. The average Bonchev–Trinajstić information content (AvgIpc) is 2.38. The van der Waals surface area contributed by atoms with E-state index in [-0.39, 0.29) is 36.1 Å². The molecule has 1 heterocycles. The van der Waals surface area contributed by atoms with Crippen molar-refractivity contribution in [2.75, 3.05) is 11.4 Å². The molecule has 0 fully saturated rings. The molecule has 8 nitrogen and oxygen atoms in total. The molecule has 0 aliphatic rings. The zero-order valence-electron chi connectivity index (χ0n) is 11.1. The van der Waals surface area contributed by atoms with Crippen LogP contribution in [0.15, 0.2) is 12.3 Å². The Morgan fingerprint density at radius 1 is 1.65 bits per heavy atom. The molecule has 0 bridgehead atoms. The highest BCUT2D eigenvalue weighted by Gasteiger charge is 2.24. The Hall–Kier alpha value is -2.69. The molecule has 0 aliphatic heterocycles. The second-order valence-corrected chi connectivity index (χ2v) is 4.32. The quantitative estimate of drug-likeness (QED) is 0.622. The van der Waals surface area contributed by atoms with Gasteiger partial charge in [0.05, 0.1) is 23.0 Å². The van der Waals surface area contributed by atoms with Gasteiger partial charge in [-0.05, 0) is 13.8 Å². The topological polar surface area (TPSA) is 120 Å². The number of anilines is 1. The van der Waals surface area contributed by atoms with E-state index in [0.717, 1.165) is 12.3 Å². The predicted octanol–water partition coefficient (Wildman–Crippen LogP) is 1.82. The van der Waals surface area contributed by atoms with E-state index in [2.05, 4.69) is 4.98 Å². The normalized spacial score (nSPS) is 10.1. The number of aromatic carboxylic acids is 1. The number of hydrogen-bond acceptors (Lipinski definition) is 6. The van der Waals surface area contributed by atoms with Crippen LogP contribution in [0.4, 0.5) is 11.5 Å². The Morgan fingerprint density at radius 2 is 2.30 bits per heavy atom. The van der Waals surface area contributed by atoms with Crippen molar-refractivity contribution in [1.29, 1.82) is 5.26 Å². The minimum Gasteiger partial charge on any atom is -0.478 e. The van der Waals surface area contributed by atoms with Crippen LogP contribution in [0.25, 0.3) is 0 Å². The second-order valence-electron chi connectivity index (χ2n) is 4.32. The second kappa shape index (κ2) is 6.47. The van der Waals surface area contributed by atoms with Crippen LogP contribution in [0.1, 0.15) is 30.6 Å². The van der Waals surface area contributed by atoms with Crippen molar-refractivity contribution >= 4 is 17.5 Å². The first-order valence-electron chi connectivity index (χ1n) is 5.89. The molecule has 0 saturated heterocycles.